The first kappa shape index (κ1) is 14.4. The molecule has 120 valence electrons. The van der Waals surface area contributed by atoms with Crippen LogP contribution in [0.5, 0.6) is 11.5 Å². The van der Waals surface area contributed by atoms with E-state index in [1.165, 1.54) is 4.88 Å². The van der Waals surface area contributed by atoms with Crippen molar-refractivity contribution in [2.24, 2.45) is 0 Å². The molecule has 1 fully saturated rings. The third kappa shape index (κ3) is 2.63. The molecule has 6 heteroatoms. The maximum absolute atomic E-state index is 12.7. The molecule has 1 aromatic heterocycles. The van der Waals surface area contributed by atoms with E-state index < -0.39 is 0 Å². The number of hydrogen-bond donors (Lipinski definition) is 1. The van der Waals surface area contributed by atoms with E-state index in [2.05, 4.69) is 16.8 Å². The number of hydrogen-bond acceptors (Lipinski definition) is 4. The number of fused-ring (bicyclic) bond motifs is 1. The van der Waals surface area contributed by atoms with E-state index in [1.54, 1.807) is 11.3 Å². The predicted octanol–water partition coefficient (Wildman–Crippen LogP) is 4.15. The Morgan fingerprint density at radius 2 is 2.17 bits per heavy atom. The lowest BCUT2D eigenvalue weighted by atomic mass is 10.1. The zero-order valence-electron chi connectivity index (χ0n) is 12.9. The van der Waals surface area contributed by atoms with E-state index in [-0.39, 0.29) is 18.9 Å². The molecule has 0 aliphatic carbocycles. The summed E-state index contributed by atoms with van der Waals surface area (Å²) in [6.07, 6.45) is 2.06. The van der Waals surface area contributed by atoms with Gasteiger partial charge in [-0.25, -0.2) is 4.79 Å². The van der Waals surface area contributed by atoms with E-state index in [0.29, 0.717) is 5.75 Å². The topological polar surface area (TPSA) is 50.8 Å². The van der Waals surface area contributed by atoms with Crippen LogP contribution in [0.2, 0.25) is 0 Å². The van der Waals surface area contributed by atoms with Gasteiger partial charge in [0.15, 0.2) is 11.5 Å². The molecule has 0 spiro atoms. The Kier molecular flexibility index (Phi) is 3.61. The molecule has 2 amide bonds. The lowest BCUT2D eigenvalue weighted by Crippen LogP contribution is -2.34. The zero-order valence-corrected chi connectivity index (χ0v) is 13.7. The smallest absolute Gasteiger partial charge is 0.322 e. The van der Waals surface area contributed by atoms with Crippen LogP contribution in [-0.2, 0) is 0 Å². The van der Waals surface area contributed by atoms with Crippen LogP contribution in [0.4, 0.5) is 10.5 Å². The number of ether oxygens (including phenoxy) is 2. The lowest BCUT2D eigenvalue weighted by molar-refractivity contribution is 0.174. The van der Waals surface area contributed by atoms with E-state index in [0.717, 1.165) is 36.4 Å². The maximum atomic E-state index is 12.7. The first-order chi connectivity index (χ1) is 11.2. The number of amides is 2. The van der Waals surface area contributed by atoms with Crippen LogP contribution in [0.3, 0.4) is 0 Å². The highest BCUT2D eigenvalue weighted by Gasteiger charge is 2.31. The molecule has 23 heavy (non-hydrogen) atoms. The van der Waals surface area contributed by atoms with Crippen molar-refractivity contribution in [3.63, 3.8) is 0 Å². The molecule has 2 aliphatic rings. The number of nitrogens with one attached hydrogen (secondary N) is 1. The van der Waals surface area contributed by atoms with Crippen LogP contribution in [0.15, 0.2) is 29.6 Å². The Morgan fingerprint density at radius 1 is 1.35 bits per heavy atom. The molecule has 5 nitrogen and oxygen atoms in total. The number of aryl methyl sites for hydroxylation is 1. The number of rotatable bonds is 2. The second kappa shape index (κ2) is 5.77. The van der Waals surface area contributed by atoms with E-state index in [9.17, 15) is 4.79 Å². The highest BCUT2D eigenvalue weighted by Crippen LogP contribution is 2.38. The lowest BCUT2D eigenvalue weighted by Gasteiger charge is -2.24. The molecule has 2 aliphatic heterocycles. The molecule has 0 unspecified atom stereocenters. The Balaban J connectivity index is 1.54. The number of benzene rings is 1. The number of thiophene rings is 1. The van der Waals surface area contributed by atoms with Crippen LogP contribution in [0, 0.1) is 6.92 Å². The van der Waals surface area contributed by atoms with Gasteiger partial charge in [-0.05, 0) is 42.8 Å². The van der Waals surface area contributed by atoms with E-state index in [1.807, 2.05) is 30.0 Å². The second-order valence-electron chi connectivity index (χ2n) is 5.82. The van der Waals surface area contributed by atoms with Gasteiger partial charge < -0.3 is 19.7 Å². The van der Waals surface area contributed by atoms with Crippen molar-refractivity contribution >= 4 is 23.1 Å². The molecule has 0 radical (unpaired) electrons. The molecule has 0 saturated carbocycles. The fraction of sp³-hybridized carbons (Fsp3) is 0.353. The summed E-state index contributed by atoms with van der Waals surface area (Å²) in [5, 5.41) is 5.09. The number of urea groups is 1. The average molecular weight is 330 g/mol. The summed E-state index contributed by atoms with van der Waals surface area (Å²) >= 11 is 1.71. The van der Waals surface area contributed by atoms with Crippen molar-refractivity contribution in [3.05, 3.63) is 40.1 Å². The fourth-order valence-corrected chi connectivity index (χ4v) is 4.03. The summed E-state index contributed by atoms with van der Waals surface area (Å²) in [4.78, 5) is 15.9. The van der Waals surface area contributed by atoms with Gasteiger partial charge >= 0.3 is 6.03 Å². The third-order valence-electron chi connectivity index (χ3n) is 4.35. The van der Waals surface area contributed by atoms with Gasteiger partial charge in [0, 0.05) is 23.2 Å². The van der Waals surface area contributed by atoms with Gasteiger partial charge in [-0.15, -0.1) is 11.3 Å². The minimum Gasteiger partial charge on any atom is -0.454 e. The summed E-state index contributed by atoms with van der Waals surface area (Å²) < 4.78 is 10.8. The molecule has 3 heterocycles. The summed E-state index contributed by atoms with van der Waals surface area (Å²) in [6.45, 7) is 2.98. The monoisotopic (exact) mass is 330 g/mol. The molecule has 0 bridgehead atoms. The van der Waals surface area contributed by atoms with Crippen molar-refractivity contribution < 1.29 is 14.3 Å². The van der Waals surface area contributed by atoms with Gasteiger partial charge in [0.2, 0.25) is 6.79 Å². The van der Waals surface area contributed by atoms with Gasteiger partial charge in [-0.3, -0.25) is 0 Å². The summed E-state index contributed by atoms with van der Waals surface area (Å²) in [5.41, 5.74) is 1.74. The minimum atomic E-state index is -0.0529. The maximum Gasteiger partial charge on any atom is 0.322 e. The molecular formula is C17H18N2O3S. The van der Waals surface area contributed by atoms with Crippen LogP contribution in [0.25, 0.3) is 0 Å². The molecular weight excluding hydrogens is 312 g/mol. The summed E-state index contributed by atoms with van der Waals surface area (Å²) in [5.74, 6) is 1.42. The average Bonchev–Trinajstić information content (AvgIpc) is 3.27. The van der Waals surface area contributed by atoms with Gasteiger partial charge in [-0.1, -0.05) is 6.07 Å². The Labute approximate surface area is 138 Å². The standard InChI is InChI=1S/C17H18N2O3S/c1-11-8-14-15(22-10-21-14)9-12(11)18-17(20)19-6-2-4-13(19)16-5-3-7-23-16/h3,5,7-9,13H,2,4,6,10H2,1H3,(H,18,20)/t13-/m0/s1. The first-order valence-electron chi connectivity index (χ1n) is 7.73. The molecule has 1 N–H and O–H groups in total. The normalized spacial score (nSPS) is 19.2. The SMILES string of the molecule is Cc1cc2c(cc1NC(=O)N1CCC[C@H]1c1cccs1)OCO2. The van der Waals surface area contributed by atoms with Crippen molar-refractivity contribution in [1.82, 2.24) is 4.90 Å². The van der Waals surface area contributed by atoms with E-state index >= 15 is 0 Å². The van der Waals surface area contributed by atoms with Gasteiger partial charge in [-0.2, -0.15) is 0 Å². The highest BCUT2D eigenvalue weighted by molar-refractivity contribution is 7.10. The Bertz CT molecular complexity index is 730. The second-order valence-corrected chi connectivity index (χ2v) is 6.80. The van der Waals surface area contributed by atoms with Crippen molar-refractivity contribution in [1.29, 1.82) is 0 Å². The molecule has 2 aromatic rings. The molecule has 1 atom stereocenters. The fourth-order valence-electron chi connectivity index (χ4n) is 3.15. The van der Waals surface area contributed by atoms with Gasteiger partial charge in [0.25, 0.3) is 0 Å². The Morgan fingerprint density at radius 3 is 2.96 bits per heavy atom. The van der Waals surface area contributed by atoms with Crippen LogP contribution in [-0.4, -0.2) is 24.3 Å². The number of carbonyl (C=O) groups is 1. The number of carbonyl (C=O) groups excluding carboxylic acids is 1. The molecule has 1 aromatic carbocycles. The zero-order chi connectivity index (χ0) is 15.8. The minimum absolute atomic E-state index is 0.0529. The van der Waals surface area contributed by atoms with E-state index in [4.69, 9.17) is 9.47 Å². The number of nitrogens with zero attached hydrogens (tertiary/aromatic N) is 1. The van der Waals surface area contributed by atoms with Gasteiger partial charge in [0.1, 0.15) is 0 Å². The van der Waals surface area contributed by atoms with Crippen LogP contribution in [0.1, 0.15) is 29.3 Å². The van der Waals surface area contributed by atoms with Gasteiger partial charge in [0.05, 0.1) is 6.04 Å². The number of likely N-dealkylation sites (tertiary alicyclic amines) is 1. The third-order valence-corrected chi connectivity index (χ3v) is 5.32. The summed E-state index contributed by atoms with van der Waals surface area (Å²) in [6, 6.07) is 8.01. The first-order valence-corrected chi connectivity index (χ1v) is 8.61. The number of anilines is 1. The highest BCUT2D eigenvalue weighted by atomic mass is 32.1. The van der Waals surface area contributed by atoms with Crippen molar-refractivity contribution in [3.8, 4) is 11.5 Å². The molecule has 4 rings (SSSR count). The van der Waals surface area contributed by atoms with Crippen molar-refractivity contribution in [2.45, 2.75) is 25.8 Å². The van der Waals surface area contributed by atoms with Crippen LogP contribution >= 0.6 is 11.3 Å². The van der Waals surface area contributed by atoms with Crippen LogP contribution < -0.4 is 14.8 Å². The predicted molar refractivity (Wildman–Crippen MR) is 89.3 cm³/mol. The molecule has 1 saturated heterocycles. The summed E-state index contributed by atoms with van der Waals surface area (Å²) in [7, 11) is 0. The quantitative estimate of drug-likeness (QED) is 0.900. The largest absolute Gasteiger partial charge is 0.454 e. The van der Waals surface area contributed by atoms with Crippen molar-refractivity contribution in [2.75, 3.05) is 18.7 Å². The Hall–Kier alpha value is -2.21.